The Kier molecular flexibility index (Phi) is 5.07. The van der Waals surface area contributed by atoms with E-state index in [1.807, 2.05) is 6.92 Å². The van der Waals surface area contributed by atoms with E-state index in [0.29, 0.717) is 18.4 Å². The largest absolute Gasteiger partial charge is 0.339 e. The third-order valence-electron chi connectivity index (χ3n) is 5.80. The van der Waals surface area contributed by atoms with Crippen molar-refractivity contribution < 1.29 is 9.18 Å². The number of halogens is 1. The van der Waals surface area contributed by atoms with Gasteiger partial charge in [0.15, 0.2) is 0 Å². The highest BCUT2D eigenvalue weighted by molar-refractivity contribution is 7.12. The summed E-state index contributed by atoms with van der Waals surface area (Å²) in [5.41, 5.74) is 1.71. The molecule has 1 saturated carbocycles. The molecule has 5 heteroatoms. The number of piperidine rings is 1. The van der Waals surface area contributed by atoms with E-state index in [4.69, 9.17) is 0 Å². The van der Waals surface area contributed by atoms with Gasteiger partial charge in [0.05, 0.1) is 17.1 Å². The molecule has 2 aromatic rings. The monoisotopic (exact) mass is 372 g/mol. The zero-order valence-electron chi connectivity index (χ0n) is 15.2. The molecule has 0 spiro atoms. The number of aryl methyl sites for hydroxylation is 1. The molecule has 1 aliphatic carbocycles. The van der Waals surface area contributed by atoms with Crippen molar-refractivity contribution in [3.63, 3.8) is 0 Å². The van der Waals surface area contributed by atoms with Gasteiger partial charge in [-0.3, -0.25) is 4.79 Å². The van der Waals surface area contributed by atoms with Crippen LogP contribution in [0.3, 0.4) is 0 Å². The van der Waals surface area contributed by atoms with Gasteiger partial charge in [-0.1, -0.05) is 12.8 Å². The highest BCUT2D eigenvalue weighted by Crippen LogP contribution is 2.36. The molecular formula is C21H25FN2OS. The minimum Gasteiger partial charge on any atom is -0.339 e. The average Bonchev–Trinajstić information content (AvgIpc) is 3.02. The molecule has 0 radical (unpaired) electrons. The molecule has 2 unspecified atom stereocenters. The summed E-state index contributed by atoms with van der Waals surface area (Å²) in [6, 6.07) is 6.83. The minimum absolute atomic E-state index is 0.230. The number of amides is 1. The van der Waals surface area contributed by atoms with Crippen molar-refractivity contribution >= 4 is 17.2 Å². The molecular weight excluding hydrogens is 347 g/mol. The van der Waals surface area contributed by atoms with Crippen LogP contribution < -0.4 is 0 Å². The molecule has 26 heavy (non-hydrogen) atoms. The van der Waals surface area contributed by atoms with Crippen LogP contribution in [0.4, 0.5) is 4.39 Å². The lowest BCUT2D eigenvalue weighted by Crippen LogP contribution is -2.50. The number of carbonyl (C=O) groups excluding carboxylic acids is 1. The van der Waals surface area contributed by atoms with E-state index < -0.39 is 0 Å². The number of carbonyl (C=O) groups is 1. The maximum Gasteiger partial charge on any atom is 0.228 e. The van der Waals surface area contributed by atoms with Gasteiger partial charge in [0, 0.05) is 23.0 Å². The molecule has 1 aliphatic heterocycles. The maximum atomic E-state index is 13.2. The third-order valence-corrected chi connectivity index (χ3v) is 6.77. The van der Waals surface area contributed by atoms with Gasteiger partial charge in [-0.25, -0.2) is 9.37 Å². The van der Waals surface area contributed by atoms with Crippen LogP contribution in [0.25, 0.3) is 11.3 Å². The molecule has 2 atom stereocenters. The predicted octanol–water partition coefficient (Wildman–Crippen LogP) is 4.98. The average molecular weight is 373 g/mol. The Balaban J connectivity index is 1.55. The second-order valence-corrected chi connectivity index (χ2v) is 8.82. The fourth-order valence-electron chi connectivity index (χ4n) is 4.60. The fourth-order valence-corrected chi connectivity index (χ4v) is 5.55. The van der Waals surface area contributed by atoms with Crippen molar-refractivity contribution in [2.45, 2.75) is 57.9 Å². The van der Waals surface area contributed by atoms with Crippen LogP contribution in [0, 0.1) is 18.7 Å². The summed E-state index contributed by atoms with van der Waals surface area (Å²) >= 11 is 1.58. The molecule has 1 aromatic carbocycles. The highest BCUT2D eigenvalue weighted by Gasteiger charge is 2.35. The molecule has 1 amide bonds. The Labute approximate surface area is 158 Å². The molecule has 0 N–H and O–H groups in total. The van der Waals surface area contributed by atoms with Crippen molar-refractivity contribution in [3.05, 3.63) is 40.0 Å². The van der Waals surface area contributed by atoms with E-state index in [9.17, 15) is 9.18 Å². The van der Waals surface area contributed by atoms with Crippen LogP contribution in [0.1, 0.15) is 48.4 Å². The molecule has 2 fully saturated rings. The van der Waals surface area contributed by atoms with Crippen LogP contribution in [0.15, 0.2) is 24.3 Å². The van der Waals surface area contributed by atoms with Gasteiger partial charge in [-0.2, -0.15) is 0 Å². The number of thiazole rings is 1. The smallest absolute Gasteiger partial charge is 0.228 e. The molecule has 0 bridgehead atoms. The Morgan fingerprint density at radius 1 is 1.19 bits per heavy atom. The number of hydrogen-bond acceptors (Lipinski definition) is 3. The quantitative estimate of drug-likeness (QED) is 0.761. The number of likely N-dealkylation sites (tertiary alicyclic amines) is 1. The topological polar surface area (TPSA) is 33.2 Å². The fraction of sp³-hybridized carbons (Fsp3) is 0.524. The van der Waals surface area contributed by atoms with Gasteiger partial charge >= 0.3 is 0 Å². The van der Waals surface area contributed by atoms with E-state index in [0.717, 1.165) is 40.5 Å². The minimum atomic E-state index is -0.255. The van der Waals surface area contributed by atoms with E-state index in [-0.39, 0.29) is 11.7 Å². The molecule has 2 aliphatic rings. The van der Waals surface area contributed by atoms with Gasteiger partial charge in [0.2, 0.25) is 5.91 Å². The van der Waals surface area contributed by atoms with E-state index in [1.54, 1.807) is 23.5 Å². The lowest BCUT2D eigenvalue weighted by molar-refractivity contribution is -0.136. The Hall–Kier alpha value is -1.75. The molecule has 138 valence electrons. The van der Waals surface area contributed by atoms with E-state index >= 15 is 0 Å². The Bertz CT molecular complexity index is 784. The molecule has 1 aromatic heterocycles. The maximum absolute atomic E-state index is 13.2. The second kappa shape index (κ2) is 7.47. The molecule has 3 nitrogen and oxygen atoms in total. The summed E-state index contributed by atoms with van der Waals surface area (Å²) in [6.45, 7) is 2.85. The third kappa shape index (κ3) is 3.54. The SMILES string of the molecule is Cc1nc(-c2ccc(F)cc2)c(CC(=O)N2CCCC3CCCCC32)s1. The summed E-state index contributed by atoms with van der Waals surface area (Å²) in [5, 5.41) is 0.946. The van der Waals surface area contributed by atoms with Crippen molar-refractivity contribution in [2.24, 2.45) is 5.92 Å². The summed E-state index contributed by atoms with van der Waals surface area (Å²) in [7, 11) is 0. The summed E-state index contributed by atoms with van der Waals surface area (Å²) in [4.78, 5) is 20.9. The van der Waals surface area contributed by atoms with Crippen LogP contribution in [-0.2, 0) is 11.2 Å². The van der Waals surface area contributed by atoms with Gasteiger partial charge in [0.1, 0.15) is 5.82 Å². The number of aromatic nitrogens is 1. The molecule has 2 heterocycles. The molecule has 4 rings (SSSR count). The van der Waals surface area contributed by atoms with Crippen LogP contribution in [0.2, 0.25) is 0 Å². The van der Waals surface area contributed by atoms with Crippen molar-refractivity contribution in [1.29, 1.82) is 0 Å². The van der Waals surface area contributed by atoms with Crippen LogP contribution >= 0.6 is 11.3 Å². The van der Waals surface area contributed by atoms with E-state index in [1.165, 1.54) is 37.8 Å². The van der Waals surface area contributed by atoms with E-state index in [2.05, 4.69) is 9.88 Å². The second-order valence-electron chi connectivity index (χ2n) is 7.53. The first-order chi connectivity index (χ1) is 12.6. The normalized spacial score (nSPS) is 22.9. The predicted molar refractivity (Wildman–Crippen MR) is 103 cm³/mol. The number of fused-ring (bicyclic) bond motifs is 1. The van der Waals surface area contributed by atoms with Crippen molar-refractivity contribution in [3.8, 4) is 11.3 Å². The van der Waals surface area contributed by atoms with Crippen molar-refractivity contribution in [1.82, 2.24) is 9.88 Å². The first-order valence-corrected chi connectivity index (χ1v) is 10.4. The van der Waals surface area contributed by atoms with Crippen molar-refractivity contribution in [2.75, 3.05) is 6.54 Å². The van der Waals surface area contributed by atoms with Gasteiger partial charge in [-0.15, -0.1) is 11.3 Å². The van der Waals surface area contributed by atoms with Gasteiger partial charge in [0.25, 0.3) is 0 Å². The lowest BCUT2D eigenvalue weighted by atomic mass is 9.78. The first kappa shape index (κ1) is 17.7. The summed E-state index contributed by atoms with van der Waals surface area (Å²) in [6.07, 6.45) is 7.78. The van der Waals surface area contributed by atoms with Gasteiger partial charge in [-0.05, 0) is 62.8 Å². The summed E-state index contributed by atoms with van der Waals surface area (Å²) < 4.78 is 13.2. The number of rotatable bonds is 3. The number of nitrogens with zero attached hydrogens (tertiary/aromatic N) is 2. The zero-order chi connectivity index (χ0) is 18.1. The van der Waals surface area contributed by atoms with Gasteiger partial charge < -0.3 is 4.90 Å². The number of hydrogen-bond donors (Lipinski definition) is 0. The zero-order valence-corrected chi connectivity index (χ0v) is 16.0. The lowest BCUT2D eigenvalue weighted by Gasteiger charge is -2.44. The summed E-state index contributed by atoms with van der Waals surface area (Å²) in [5.74, 6) is 0.671. The number of benzene rings is 1. The Morgan fingerprint density at radius 2 is 1.92 bits per heavy atom. The highest BCUT2D eigenvalue weighted by atomic mass is 32.1. The Morgan fingerprint density at radius 3 is 2.73 bits per heavy atom. The standard InChI is InChI=1S/C21H25FN2OS/c1-14-23-21(16-8-10-17(22)11-9-16)19(26-14)13-20(25)24-12-4-6-15-5-2-3-7-18(15)24/h8-11,15,18H,2-7,12-13H2,1H3. The van der Waals surface area contributed by atoms with Crippen LogP contribution in [-0.4, -0.2) is 28.4 Å². The first-order valence-electron chi connectivity index (χ1n) is 9.63. The molecule has 1 saturated heterocycles. The van der Waals surface area contributed by atoms with Crippen LogP contribution in [0.5, 0.6) is 0 Å².